The predicted molar refractivity (Wildman–Crippen MR) is 110 cm³/mol. The lowest BCUT2D eigenvalue weighted by atomic mass is 10.1. The van der Waals surface area contributed by atoms with Crippen LogP contribution in [0.1, 0.15) is 18.4 Å². The van der Waals surface area contributed by atoms with Crippen LogP contribution in [0, 0.1) is 0 Å². The number of para-hydroxylation sites is 1. The maximum Gasteiger partial charge on any atom is 0.224 e. The maximum absolute atomic E-state index is 12.5. The van der Waals surface area contributed by atoms with Gasteiger partial charge in [0.2, 0.25) is 5.91 Å². The van der Waals surface area contributed by atoms with E-state index in [1.54, 1.807) is 0 Å². The summed E-state index contributed by atoms with van der Waals surface area (Å²) in [6.45, 7) is 1.34. The first kappa shape index (κ1) is 18.7. The molecule has 144 valence electrons. The van der Waals surface area contributed by atoms with Crippen LogP contribution in [0.2, 0.25) is 5.02 Å². The highest BCUT2D eigenvalue weighted by atomic mass is 35.5. The van der Waals surface area contributed by atoms with Gasteiger partial charge in [0, 0.05) is 35.5 Å². The fourth-order valence-corrected chi connectivity index (χ4v) is 3.50. The van der Waals surface area contributed by atoms with Gasteiger partial charge in [0.25, 0.3) is 0 Å². The number of rotatable bonds is 6. The van der Waals surface area contributed by atoms with Gasteiger partial charge in [-0.1, -0.05) is 41.9 Å². The summed E-state index contributed by atoms with van der Waals surface area (Å²) < 4.78 is 7.39. The van der Waals surface area contributed by atoms with Crippen LogP contribution in [0.4, 0.5) is 0 Å². The number of carbonyl (C=O) groups is 1. The molecule has 0 saturated carbocycles. The van der Waals surface area contributed by atoms with Gasteiger partial charge in [0.15, 0.2) is 0 Å². The Morgan fingerprint density at radius 1 is 1.18 bits per heavy atom. The lowest BCUT2D eigenvalue weighted by Crippen LogP contribution is -2.32. The number of amides is 1. The van der Waals surface area contributed by atoms with Crippen molar-refractivity contribution in [3.05, 3.63) is 71.4 Å². The van der Waals surface area contributed by atoms with Crippen molar-refractivity contribution in [2.24, 2.45) is 0 Å². The fourth-order valence-electron chi connectivity index (χ4n) is 3.37. The molecule has 28 heavy (non-hydrogen) atoms. The van der Waals surface area contributed by atoms with E-state index in [0.717, 1.165) is 42.0 Å². The molecule has 2 heterocycles. The Morgan fingerprint density at radius 2 is 1.96 bits per heavy atom. The molecule has 1 atom stereocenters. The average molecular weight is 396 g/mol. The van der Waals surface area contributed by atoms with E-state index in [-0.39, 0.29) is 18.4 Å². The molecule has 1 saturated heterocycles. The minimum Gasteiger partial charge on any atom is -0.376 e. The number of halogens is 1. The Balaban J connectivity index is 1.57. The number of hydrogen-bond donors (Lipinski definition) is 1. The van der Waals surface area contributed by atoms with Gasteiger partial charge in [0.05, 0.1) is 23.9 Å². The quantitative estimate of drug-likeness (QED) is 0.685. The molecule has 1 aliphatic rings. The number of nitrogens with zero attached hydrogens (tertiary/aromatic N) is 2. The van der Waals surface area contributed by atoms with E-state index in [1.807, 2.05) is 65.5 Å². The third kappa shape index (κ3) is 4.43. The van der Waals surface area contributed by atoms with Crippen LogP contribution in [-0.2, 0) is 16.0 Å². The molecule has 3 aromatic rings. The minimum absolute atomic E-state index is 0.0293. The van der Waals surface area contributed by atoms with Crippen LogP contribution in [-0.4, -0.2) is 34.9 Å². The van der Waals surface area contributed by atoms with Crippen LogP contribution < -0.4 is 5.32 Å². The molecule has 0 aliphatic carbocycles. The second-order valence-electron chi connectivity index (χ2n) is 6.91. The van der Waals surface area contributed by atoms with Gasteiger partial charge in [0.1, 0.15) is 0 Å². The largest absolute Gasteiger partial charge is 0.376 e. The highest BCUT2D eigenvalue weighted by molar-refractivity contribution is 6.30. The van der Waals surface area contributed by atoms with Crippen molar-refractivity contribution in [3.8, 4) is 16.9 Å². The van der Waals surface area contributed by atoms with Crippen LogP contribution in [0.5, 0.6) is 0 Å². The van der Waals surface area contributed by atoms with Gasteiger partial charge < -0.3 is 10.1 Å². The standard InChI is InChI=1S/C22H22ClN3O2/c23-18-10-8-16(9-11-18)22-17(13-21(27)24-14-20-7-4-12-28-20)15-26(25-22)19-5-2-1-3-6-19/h1-3,5-6,8-11,15,20H,4,7,12-14H2,(H,24,27). The van der Waals surface area contributed by atoms with E-state index in [0.29, 0.717) is 11.6 Å². The van der Waals surface area contributed by atoms with Crippen molar-refractivity contribution in [3.63, 3.8) is 0 Å². The molecule has 1 aromatic heterocycles. The minimum atomic E-state index is -0.0293. The molecule has 2 aromatic carbocycles. The molecule has 5 nitrogen and oxygen atoms in total. The van der Waals surface area contributed by atoms with E-state index in [1.165, 1.54) is 0 Å². The van der Waals surface area contributed by atoms with Gasteiger partial charge in [-0.2, -0.15) is 5.10 Å². The molecule has 0 bridgehead atoms. The monoisotopic (exact) mass is 395 g/mol. The molecule has 0 spiro atoms. The summed E-state index contributed by atoms with van der Waals surface area (Å²) in [5, 5.41) is 8.40. The Morgan fingerprint density at radius 3 is 2.68 bits per heavy atom. The van der Waals surface area contributed by atoms with Crippen LogP contribution in [0.3, 0.4) is 0 Å². The molecule has 6 heteroatoms. The van der Waals surface area contributed by atoms with Crippen molar-refractivity contribution in [2.45, 2.75) is 25.4 Å². The maximum atomic E-state index is 12.5. The summed E-state index contributed by atoms with van der Waals surface area (Å²) in [5.41, 5.74) is 3.54. The van der Waals surface area contributed by atoms with Crippen molar-refractivity contribution in [2.75, 3.05) is 13.2 Å². The molecule has 1 aliphatic heterocycles. The number of carbonyl (C=O) groups excluding carboxylic acids is 1. The highest BCUT2D eigenvalue weighted by Crippen LogP contribution is 2.25. The number of benzene rings is 2. The molecule has 1 fully saturated rings. The van der Waals surface area contributed by atoms with E-state index >= 15 is 0 Å². The van der Waals surface area contributed by atoms with Crippen LogP contribution in [0.15, 0.2) is 60.8 Å². The summed E-state index contributed by atoms with van der Waals surface area (Å²) in [4.78, 5) is 12.5. The topological polar surface area (TPSA) is 56.2 Å². The first-order chi connectivity index (χ1) is 13.7. The Bertz CT molecular complexity index is 932. The number of hydrogen-bond acceptors (Lipinski definition) is 3. The first-order valence-corrected chi connectivity index (χ1v) is 9.85. The first-order valence-electron chi connectivity index (χ1n) is 9.47. The number of nitrogens with one attached hydrogen (secondary N) is 1. The van der Waals surface area contributed by atoms with E-state index in [4.69, 9.17) is 21.4 Å². The molecule has 4 rings (SSSR count). The van der Waals surface area contributed by atoms with Gasteiger partial charge in [-0.15, -0.1) is 0 Å². The Labute approximate surface area is 169 Å². The summed E-state index contributed by atoms with van der Waals surface area (Å²) in [7, 11) is 0. The lowest BCUT2D eigenvalue weighted by Gasteiger charge is -2.10. The van der Waals surface area contributed by atoms with Crippen molar-refractivity contribution < 1.29 is 9.53 Å². The summed E-state index contributed by atoms with van der Waals surface area (Å²) in [6, 6.07) is 17.4. The molecule has 1 N–H and O–H groups in total. The Kier molecular flexibility index (Phi) is 5.74. The van der Waals surface area contributed by atoms with Gasteiger partial charge >= 0.3 is 0 Å². The smallest absolute Gasteiger partial charge is 0.224 e. The zero-order valence-electron chi connectivity index (χ0n) is 15.5. The van der Waals surface area contributed by atoms with Gasteiger partial charge in [-0.05, 0) is 37.1 Å². The molecular formula is C22H22ClN3O2. The fraction of sp³-hybridized carbons (Fsp3) is 0.273. The average Bonchev–Trinajstić information content (AvgIpc) is 3.38. The molecular weight excluding hydrogens is 374 g/mol. The van der Waals surface area contributed by atoms with Crippen LogP contribution in [0.25, 0.3) is 16.9 Å². The van der Waals surface area contributed by atoms with Gasteiger partial charge in [-0.25, -0.2) is 4.68 Å². The second-order valence-corrected chi connectivity index (χ2v) is 7.34. The normalized spacial score (nSPS) is 16.2. The molecule has 1 amide bonds. The van der Waals surface area contributed by atoms with E-state index in [2.05, 4.69) is 5.32 Å². The third-order valence-electron chi connectivity index (χ3n) is 4.83. The second kappa shape index (κ2) is 8.59. The van der Waals surface area contributed by atoms with Crippen LogP contribution >= 0.6 is 11.6 Å². The van der Waals surface area contributed by atoms with Crippen molar-refractivity contribution in [1.29, 1.82) is 0 Å². The van der Waals surface area contributed by atoms with E-state index in [9.17, 15) is 4.79 Å². The third-order valence-corrected chi connectivity index (χ3v) is 5.08. The summed E-state index contributed by atoms with van der Waals surface area (Å²) in [5.74, 6) is -0.0293. The van der Waals surface area contributed by atoms with Crippen molar-refractivity contribution in [1.82, 2.24) is 15.1 Å². The SMILES string of the molecule is O=C(Cc1cn(-c2ccccc2)nc1-c1ccc(Cl)cc1)NCC1CCCO1. The van der Waals surface area contributed by atoms with Crippen molar-refractivity contribution >= 4 is 17.5 Å². The van der Waals surface area contributed by atoms with Gasteiger partial charge in [-0.3, -0.25) is 4.79 Å². The Hall–Kier alpha value is -2.63. The lowest BCUT2D eigenvalue weighted by molar-refractivity contribution is -0.120. The highest BCUT2D eigenvalue weighted by Gasteiger charge is 2.18. The van der Waals surface area contributed by atoms with E-state index < -0.39 is 0 Å². The molecule has 0 radical (unpaired) electrons. The number of aromatic nitrogens is 2. The summed E-state index contributed by atoms with van der Waals surface area (Å²) in [6.07, 6.45) is 4.38. The molecule has 1 unspecified atom stereocenters. The summed E-state index contributed by atoms with van der Waals surface area (Å²) >= 11 is 6.03. The predicted octanol–water partition coefficient (Wildman–Crippen LogP) is 4.03. The zero-order valence-corrected chi connectivity index (χ0v) is 16.2. The number of ether oxygens (including phenoxy) is 1. The zero-order chi connectivity index (χ0) is 19.3.